The Balaban J connectivity index is 3.44. The second kappa shape index (κ2) is 11.0. The summed E-state index contributed by atoms with van der Waals surface area (Å²) in [6.07, 6.45) is 9.20. The van der Waals surface area contributed by atoms with Gasteiger partial charge in [0, 0.05) is 27.4 Å². The molecule has 3 nitrogen and oxygen atoms in total. The third kappa shape index (κ3) is 8.24. The van der Waals surface area contributed by atoms with Gasteiger partial charge in [-0.3, -0.25) is 0 Å². The van der Waals surface area contributed by atoms with E-state index in [2.05, 4.69) is 13.8 Å². The van der Waals surface area contributed by atoms with Crippen molar-refractivity contribution in [3.8, 4) is 0 Å². The fourth-order valence-electron chi connectivity index (χ4n) is 2.16. The van der Waals surface area contributed by atoms with E-state index >= 15 is 0 Å². The molecule has 0 amide bonds. The van der Waals surface area contributed by atoms with Crippen molar-refractivity contribution >= 4 is 8.80 Å². The minimum absolute atomic E-state index is 0.849. The van der Waals surface area contributed by atoms with E-state index in [9.17, 15) is 0 Å². The summed E-state index contributed by atoms with van der Waals surface area (Å²) in [5, 5.41) is 0. The Kier molecular flexibility index (Phi) is 11.0. The molecule has 4 heteroatoms. The molecule has 0 spiro atoms. The van der Waals surface area contributed by atoms with Gasteiger partial charge in [-0.15, -0.1) is 0 Å². The molecule has 0 atom stereocenters. The molecule has 0 saturated carbocycles. The molecule has 0 aliphatic heterocycles. The smallest absolute Gasteiger partial charge is 0.377 e. The highest BCUT2D eigenvalue weighted by Crippen LogP contribution is 2.18. The van der Waals surface area contributed by atoms with Crippen molar-refractivity contribution in [1.29, 1.82) is 0 Å². The first-order valence-electron chi connectivity index (χ1n) is 7.25. The Morgan fingerprint density at radius 1 is 0.722 bits per heavy atom. The van der Waals surface area contributed by atoms with Gasteiger partial charge in [0.05, 0.1) is 0 Å². The SMILES string of the molecule is CO[Si](CCCCCCCCC(C)C)(OC)OC. The number of rotatable bonds is 12. The number of unbranched alkanes of at least 4 members (excludes halogenated alkanes) is 5. The van der Waals surface area contributed by atoms with Gasteiger partial charge < -0.3 is 13.3 Å². The van der Waals surface area contributed by atoms with Crippen LogP contribution in [0.1, 0.15) is 58.8 Å². The molecule has 18 heavy (non-hydrogen) atoms. The van der Waals surface area contributed by atoms with Gasteiger partial charge in [-0.05, 0) is 12.3 Å². The molecule has 0 radical (unpaired) electrons. The molecule has 110 valence electrons. The van der Waals surface area contributed by atoms with E-state index in [-0.39, 0.29) is 0 Å². The van der Waals surface area contributed by atoms with Gasteiger partial charge in [0.1, 0.15) is 0 Å². The maximum absolute atomic E-state index is 5.40. The third-order valence-electron chi connectivity index (χ3n) is 3.45. The standard InChI is InChI=1S/C14H32O3Si/c1-14(2)12-10-8-6-7-9-11-13-18(15-3,16-4)17-5/h14H,6-13H2,1-5H3. The van der Waals surface area contributed by atoms with Crippen LogP contribution in [-0.2, 0) is 13.3 Å². The highest BCUT2D eigenvalue weighted by molar-refractivity contribution is 6.60. The summed E-state index contributed by atoms with van der Waals surface area (Å²) < 4.78 is 16.2. The van der Waals surface area contributed by atoms with E-state index in [0.717, 1.165) is 18.4 Å². The molecule has 0 aliphatic rings. The van der Waals surface area contributed by atoms with E-state index in [1.54, 1.807) is 21.3 Å². The van der Waals surface area contributed by atoms with Crippen LogP contribution in [0.3, 0.4) is 0 Å². The van der Waals surface area contributed by atoms with Crippen molar-refractivity contribution in [2.24, 2.45) is 5.92 Å². The van der Waals surface area contributed by atoms with Gasteiger partial charge in [0.15, 0.2) is 0 Å². The zero-order chi connectivity index (χ0) is 13.9. The molecule has 0 bridgehead atoms. The summed E-state index contributed by atoms with van der Waals surface area (Å²) in [6, 6.07) is 0.933. The normalized spacial score (nSPS) is 12.3. The molecule has 0 unspecified atom stereocenters. The molecule has 0 aromatic heterocycles. The van der Waals surface area contributed by atoms with E-state index in [1.165, 1.54) is 38.5 Å². The minimum atomic E-state index is -2.31. The second-order valence-electron chi connectivity index (χ2n) is 5.35. The van der Waals surface area contributed by atoms with Crippen LogP contribution in [0.2, 0.25) is 6.04 Å². The van der Waals surface area contributed by atoms with Crippen molar-refractivity contribution < 1.29 is 13.3 Å². The molecule has 0 rings (SSSR count). The summed E-state index contributed by atoms with van der Waals surface area (Å²) in [6.45, 7) is 4.59. The zero-order valence-electron chi connectivity index (χ0n) is 13.0. The van der Waals surface area contributed by atoms with Crippen molar-refractivity contribution in [2.45, 2.75) is 64.8 Å². The quantitative estimate of drug-likeness (QED) is 0.394. The summed E-state index contributed by atoms with van der Waals surface area (Å²) in [5.74, 6) is 0.849. The van der Waals surface area contributed by atoms with Crippen LogP contribution in [-0.4, -0.2) is 30.1 Å². The Hall–Kier alpha value is 0.0969. The van der Waals surface area contributed by atoms with Crippen molar-refractivity contribution in [1.82, 2.24) is 0 Å². The van der Waals surface area contributed by atoms with Crippen LogP contribution in [0.25, 0.3) is 0 Å². The third-order valence-corrected chi connectivity index (χ3v) is 6.28. The van der Waals surface area contributed by atoms with Crippen LogP contribution in [0.15, 0.2) is 0 Å². The molecule has 0 aliphatic carbocycles. The zero-order valence-corrected chi connectivity index (χ0v) is 14.0. The largest absolute Gasteiger partial charge is 0.500 e. The predicted molar refractivity (Wildman–Crippen MR) is 78.7 cm³/mol. The predicted octanol–water partition coefficient (Wildman–Crippen LogP) is 4.25. The van der Waals surface area contributed by atoms with Crippen LogP contribution in [0.5, 0.6) is 0 Å². The first-order chi connectivity index (χ1) is 8.60. The van der Waals surface area contributed by atoms with Crippen LogP contribution >= 0.6 is 0 Å². The van der Waals surface area contributed by atoms with E-state index in [1.807, 2.05) is 0 Å². The monoisotopic (exact) mass is 276 g/mol. The fourth-order valence-corrected chi connectivity index (χ4v) is 3.95. The van der Waals surface area contributed by atoms with Crippen LogP contribution in [0.4, 0.5) is 0 Å². The number of hydrogen-bond acceptors (Lipinski definition) is 3. The molecule has 0 saturated heterocycles. The Morgan fingerprint density at radius 2 is 1.17 bits per heavy atom. The second-order valence-corrected chi connectivity index (χ2v) is 8.44. The average molecular weight is 276 g/mol. The van der Waals surface area contributed by atoms with Gasteiger partial charge >= 0.3 is 8.80 Å². The molecule has 0 aromatic rings. The van der Waals surface area contributed by atoms with Gasteiger partial charge in [-0.2, -0.15) is 0 Å². The Labute approximate surface area is 115 Å². The molecule has 0 aromatic carbocycles. The lowest BCUT2D eigenvalue weighted by Crippen LogP contribution is -2.42. The Bertz CT molecular complexity index is 174. The maximum atomic E-state index is 5.40. The van der Waals surface area contributed by atoms with Gasteiger partial charge in [0.25, 0.3) is 0 Å². The van der Waals surface area contributed by atoms with E-state index < -0.39 is 8.80 Å². The minimum Gasteiger partial charge on any atom is -0.377 e. The summed E-state index contributed by atoms with van der Waals surface area (Å²) in [5.41, 5.74) is 0. The van der Waals surface area contributed by atoms with E-state index in [4.69, 9.17) is 13.3 Å². The molecule has 0 N–H and O–H groups in total. The molecule has 0 fully saturated rings. The van der Waals surface area contributed by atoms with Gasteiger partial charge in [0.2, 0.25) is 0 Å². The van der Waals surface area contributed by atoms with Crippen LogP contribution in [0, 0.1) is 5.92 Å². The van der Waals surface area contributed by atoms with Crippen molar-refractivity contribution in [3.05, 3.63) is 0 Å². The van der Waals surface area contributed by atoms with E-state index in [0.29, 0.717) is 0 Å². The number of hydrogen-bond donors (Lipinski definition) is 0. The summed E-state index contributed by atoms with van der Waals surface area (Å²) in [7, 11) is 2.75. The lowest BCUT2D eigenvalue weighted by Gasteiger charge is -2.24. The molecular formula is C14H32O3Si. The Morgan fingerprint density at radius 3 is 1.61 bits per heavy atom. The fraction of sp³-hybridized carbons (Fsp3) is 1.00. The average Bonchev–Trinajstić information content (AvgIpc) is 2.38. The molecule has 0 heterocycles. The highest BCUT2D eigenvalue weighted by atomic mass is 28.4. The van der Waals surface area contributed by atoms with Crippen molar-refractivity contribution in [3.63, 3.8) is 0 Å². The van der Waals surface area contributed by atoms with Crippen molar-refractivity contribution in [2.75, 3.05) is 21.3 Å². The lowest BCUT2D eigenvalue weighted by atomic mass is 10.0. The summed E-state index contributed by atoms with van der Waals surface area (Å²) in [4.78, 5) is 0. The molecular weight excluding hydrogens is 244 g/mol. The van der Waals surface area contributed by atoms with Gasteiger partial charge in [-0.25, -0.2) is 0 Å². The van der Waals surface area contributed by atoms with Gasteiger partial charge in [-0.1, -0.05) is 52.4 Å². The van der Waals surface area contributed by atoms with Crippen LogP contribution < -0.4 is 0 Å². The summed E-state index contributed by atoms with van der Waals surface area (Å²) >= 11 is 0. The lowest BCUT2D eigenvalue weighted by molar-refractivity contribution is 0.122. The highest BCUT2D eigenvalue weighted by Gasteiger charge is 2.36. The first kappa shape index (κ1) is 18.1. The first-order valence-corrected chi connectivity index (χ1v) is 9.19. The topological polar surface area (TPSA) is 27.7 Å². The maximum Gasteiger partial charge on any atom is 0.500 e.